The van der Waals surface area contributed by atoms with Crippen LogP contribution >= 0.6 is 22.9 Å². The lowest BCUT2D eigenvalue weighted by Crippen LogP contribution is -2.27. The predicted octanol–water partition coefficient (Wildman–Crippen LogP) is 5.15. The first-order chi connectivity index (χ1) is 15.0. The van der Waals surface area contributed by atoms with E-state index in [-0.39, 0.29) is 24.0 Å². The highest BCUT2D eigenvalue weighted by Gasteiger charge is 2.18. The molecule has 2 amide bonds. The fraction of sp³-hybridized carbons (Fsp3) is 0.0909. The maximum Gasteiger partial charge on any atom is 0.283 e. The standard InChI is InChI=1S/C22H17ClN4O3S/c23-16-8-3-1-6-14(16)13-27-17-9-4-2-7-15(17)20(22(27)30)26-25-19(28)12-24-21(29)18-10-5-11-31-18/h1-11,30H,12-13H2,(H,24,29). The summed E-state index contributed by atoms with van der Waals surface area (Å²) in [5, 5.41) is 24.0. The molecule has 4 aromatic rings. The monoisotopic (exact) mass is 452 g/mol. The van der Waals surface area contributed by atoms with Crippen LogP contribution in [0.25, 0.3) is 10.9 Å². The quantitative estimate of drug-likeness (QED) is 0.396. The second-order valence-electron chi connectivity index (χ2n) is 6.62. The number of nitrogens with one attached hydrogen (secondary N) is 1. The van der Waals surface area contributed by atoms with Gasteiger partial charge in [-0.3, -0.25) is 9.59 Å². The van der Waals surface area contributed by atoms with Crippen molar-refractivity contribution in [2.75, 3.05) is 6.54 Å². The SMILES string of the molecule is O=C(CNC(=O)c1cccs1)N=Nc1c(O)n(Cc2ccccc2Cl)c2ccccc12. The van der Waals surface area contributed by atoms with Crippen molar-refractivity contribution in [1.29, 1.82) is 0 Å². The van der Waals surface area contributed by atoms with Gasteiger partial charge in [-0.1, -0.05) is 54.1 Å². The van der Waals surface area contributed by atoms with E-state index in [2.05, 4.69) is 15.5 Å². The number of rotatable bonds is 6. The summed E-state index contributed by atoms with van der Waals surface area (Å²) >= 11 is 7.55. The van der Waals surface area contributed by atoms with Gasteiger partial charge in [0.15, 0.2) is 5.69 Å². The molecule has 31 heavy (non-hydrogen) atoms. The molecule has 0 spiro atoms. The molecule has 0 saturated carbocycles. The van der Waals surface area contributed by atoms with Crippen molar-refractivity contribution >= 4 is 51.3 Å². The Kier molecular flexibility index (Phi) is 6.11. The van der Waals surface area contributed by atoms with Gasteiger partial charge >= 0.3 is 0 Å². The highest BCUT2D eigenvalue weighted by atomic mass is 35.5. The lowest BCUT2D eigenvalue weighted by molar-refractivity contribution is -0.117. The Morgan fingerprint density at radius 3 is 2.61 bits per heavy atom. The van der Waals surface area contributed by atoms with Crippen molar-refractivity contribution < 1.29 is 14.7 Å². The number of fused-ring (bicyclic) bond motifs is 1. The van der Waals surface area contributed by atoms with Crippen LogP contribution in [0.5, 0.6) is 5.88 Å². The third-order valence-corrected chi connectivity index (χ3v) is 5.85. The van der Waals surface area contributed by atoms with Gasteiger partial charge in [-0.2, -0.15) is 0 Å². The van der Waals surface area contributed by atoms with Crippen LogP contribution in [0.15, 0.2) is 76.3 Å². The molecule has 9 heteroatoms. The van der Waals surface area contributed by atoms with Crippen molar-refractivity contribution in [1.82, 2.24) is 9.88 Å². The molecule has 4 rings (SSSR count). The van der Waals surface area contributed by atoms with E-state index in [0.29, 0.717) is 21.8 Å². The number of hydrogen-bond acceptors (Lipinski definition) is 5. The van der Waals surface area contributed by atoms with Crippen molar-refractivity contribution in [3.8, 4) is 5.88 Å². The number of carbonyl (C=O) groups excluding carboxylic acids is 2. The lowest BCUT2D eigenvalue weighted by Gasteiger charge is -2.08. The van der Waals surface area contributed by atoms with E-state index in [0.717, 1.165) is 11.1 Å². The van der Waals surface area contributed by atoms with Gasteiger partial charge in [0.05, 0.1) is 16.9 Å². The van der Waals surface area contributed by atoms with E-state index < -0.39 is 5.91 Å². The molecule has 2 N–H and O–H groups in total. The summed E-state index contributed by atoms with van der Waals surface area (Å²) in [4.78, 5) is 24.5. The van der Waals surface area contributed by atoms with E-state index in [1.54, 1.807) is 34.2 Å². The lowest BCUT2D eigenvalue weighted by atomic mass is 10.2. The normalized spacial score (nSPS) is 11.3. The number of hydrogen-bond donors (Lipinski definition) is 2. The average molecular weight is 453 g/mol. The van der Waals surface area contributed by atoms with Crippen molar-refractivity contribution in [2.45, 2.75) is 6.54 Å². The molecule has 0 aliphatic heterocycles. The van der Waals surface area contributed by atoms with Gasteiger partial charge < -0.3 is 15.0 Å². The molecule has 2 aromatic carbocycles. The molecule has 0 atom stereocenters. The minimum absolute atomic E-state index is 0.125. The van der Waals surface area contributed by atoms with E-state index in [9.17, 15) is 14.7 Å². The number of aromatic hydroxyl groups is 1. The van der Waals surface area contributed by atoms with Crippen LogP contribution < -0.4 is 5.32 Å². The zero-order valence-corrected chi connectivity index (χ0v) is 17.7. The van der Waals surface area contributed by atoms with E-state index in [1.807, 2.05) is 36.4 Å². The summed E-state index contributed by atoms with van der Waals surface area (Å²) in [5.41, 5.74) is 1.74. The molecule has 2 heterocycles. The van der Waals surface area contributed by atoms with Gasteiger partial charge in [0.25, 0.3) is 11.8 Å². The zero-order valence-electron chi connectivity index (χ0n) is 16.2. The average Bonchev–Trinajstić information content (AvgIpc) is 3.40. The summed E-state index contributed by atoms with van der Waals surface area (Å²) < 4.78 is 1.66. The van der Waals surface area contributed by atoms with Crippen LogP contribution in [0.3, 0.4) is 0 Å². The van der Waals surface area contributed by atoms with E-state index >= 15 is 0 Å². The van der Waals surface area contributed by atoms with Crippen molar-refractivity contribution in [3.05, 3.63) is 81.5 Å². The first-order valence-electron chi connectivity index (χ1n) is 9.34. The van der Waals surface area contributed by atoms with Crippen LogP contribution in [-0.4, -0.2) is 28.0 Å². The van der Waals surface area contributed by atoms with Crippen molar-refractivity contribution in [2.24, 2.45) is 10.2 Å². The van der Waals surface area contributed by atoms with Crippen molar-refractivity contribution in [3.63, 3.8) is 0 Å². The minimum atomic E-state index is -0.632. The Bertz CT molecular complexity index is 1280. The number of halogens is 1. The number of benzene rings is 2. The fourth-order valence-corrected chi connectivity index (χ4v) is 3.95. The number of thiophene rings is 1. The third-order valence-electron chi connectivity index (χ3n) is 4.61. The minimum Gasteiger partial charge on any atom is -0.493 e. The smallest absolute Gasteiger partial charge is 0.283 e. The largest absolute Gasteiger partial charge is 0.493 e. The molecule has 0 bridgehead atoms. The molecular formula is C22H17ClN4O3S. The maximum absolute atomic E-state index is 12.1. The van der Waals surface area contributed by atoms with Gasteiger partial charge in [0.2, 0.25) is 5.88 Å². The molecule has 0 aliphatic rings. The number of azo groups is 1. The molecule has 7 nitrogen and oxygen atoms in total. The van der Waals surface area contributed by atoms with Gasteiger partial charge in [0, 0.05) is 10.4 Å². The fourth-order valence-electron chi connectivity index (χ4n) is 3.12. The molecule has 156 valence electrons. The Hall–Kier alpha value is -3.49. The topological polar surface area (TPSA) is 96.1 Å². The Labute approximate surface area is 186 Å². The van der Waals surface area contributed by atoms with Gasteiger partial charge in [-0.25, -0.2) is 0 Å². The second kappa shape index (κ2) is 9.11. The summed E-state index contributed by atoms with van der Waals surface area (Å²) in [7, 11) is 0. The van der Waals surface area contributed by atoms with E-state index in [4.69, 9.17) is 11.6 Å². The number of carbonyl (C=O) groups is 2. The molecule has 0 aliphatic carbocycles. The van der Waals surface area contributed by atoms with Crippen LogP contribution in [-0.2, 0) is 11.3 Å². The number of amides is 2. The maximum atomic E-state index is 12.1. The summed E-state index contributed by atoms with van der Waals surface area (Å²) in [6.07, 6.45) is 0. The van der Waals surface area contributed by atoms with Crippen LogP contribution in [0, 0.1) is 0 Å². The van der Waals surface area contributed by atoms with Crippen LogP contribution in [0.4, 0.5) is 5.69 Å². The van der Waals surface area contributed by atoms with Crippen LogP contribution in [0.2, 0.25) is 5.02 Å². The second-order valence-corrected chi connectivity index (χ2v) is 7.98. The highest BCUT2D eigenvalue weighted by Crippen LogP contribution is 2.39. The van der Waals surface area contributed by atoms with Crippen LogP contribution in [0.1, 0.15) is 15.2 Å². The molecule has 0 fully saturated rings. The van der Waals surface area contributed by atoms with Gasteiger partial charge in [-0.15, -0.1) is 21.6 Å². The van der Waals surface area contributed by atoms with Gasteiger partial charge in [-0.05, 0) is 29.1 Å². The first-order valence-corrected chi connectivity index (χ1v) is 10.6. The highest BCUT2D eigenvalue weighted by molar-refractivity contribution is 7.12. The zero-order chi connectivity index (χ0) is 21.8. The molecule has 0 saturated heterocycles. The summed E-state index contributed by atoms with van der Waals surface area (Å²) in [6, 6.07) is 18.1. The number of nitrogens with zero attached hydrogens (tertiary/aromatic N) is 3. The first kappa shape index (κ1) is 20.8. The Morgan fingerprint density at radius 2 is 1.84 bits per heavy atom. The molecule has 0 unspecified atom stereocenters. The molecule has 2 aromatic heterocycles. The van der Waals surface area contributed by atoms with Gasteiger partial charge in [0.1, 0.15) is 6.54 Å². The predicted molar refractivity (Wildman–Crippen MR) is 120 cm³/mol. The molecular weight excluding hydrogens is 436 g/mol. The number of aromatic nitrogens is 1. The number of para-hydroxylation sites is 1. The summed E-state index contributed by atoms with van der Waals surface area (Å²) in [6.45, 7) is 0.0334. The Morgan fingerprint density at radius 1 is 1.06 bits per heavy atom. The molecule has 0 radical (unpaired) electrons. The summed E-state index contributed by atoms with van der Waals surface area (Å²) in [5.74, 6) is -1.11. The third kappa shape index (κ3) is 4.50. The Balaban J connectivity index is 1.56. The van der Waals surface area contributed by atoms with E-state index in [1.165, 1.54) is 11.3 Å².